The van der Waals surface area contributed by atoms with Gasteiger partial charge in [-0.1, -0.05) is 84.0 Å². The quantitative estimate of drug-likeness (QED) is 0.0166. The van der Waals surface area contributed by atoms with Crippen LogP contribution in [0.25, 0.3) is 0 Å². The maximum Gasteiger partial charge on any atom is 0.326 e. The van der Waals surface area contributed by atoms with Crippen molar-refractivity contribution < 1.29 is 137 Å². The Balaban J connectivity index is 2.42. The minimum Gasteiger partial charge on any atom is -0.508 e. The summed E-state index contributed by atoms with van der Waals surface area (Å²) in [5.41, 5.74) is 17.1. The Kier molecular flexibility index (Phi) is 58.2. The number of carbonyl (C=O) groups excluding carboxylic acids is 18. The Hall–Kier alpha value is -13.7. The lowest BCUT2D eigenvalue weighted by Gasteiger charge is -2.29. The summed E-state index contributed by atoms with van der Waals surface area (Å²) in [5, 5.41) is 146. The zero-order valence-electron chi connectivity index (χ0n) is 83.7. The van der Waals surface area contributed by atoms with E-state index in [1.807, 2.05) is 0 Å². The first-order valence-electron chi connectivity index (χ1n) is 47.3. The van der Waals surface area contributed by atoms with Crippen molar-refractivity contribution in [3.8, 4) is 5.75 Å². The van der Waals surface area contributed by atoms with Crippen molar-refractivity contribution in [3.05, 3.63) is 65.7 Å². The summed E-state index contributed by atoms with van der Waals surface area (Å²) in [6.45, 7) is 14.1. The number of benzene rings is 2. The van der Waals surface area contributed by atoms with Crippen molar-refractivity contribution in [1.29, 1.82) is 10.8 Å². The predicted octanol–water partition coefficient (Wildman–Crippen LogP) is -9.17. The van der Waals surface area contributed by atoms with E-state index in [0.29, 0.717) is 12.0 Å². The molecule has 145 heavy (non-hydrogen) atoms. The average molecular weight is 2070 g/mol. The van der Waals surface area contributed by atoms with Crippen LogP contribution in [0.2, 0.25) is 0 Å². The number of nitrogens with two attached hydrogens (primary N) is 3. The van der Waals surface area contributed by atoms with Gasteiger partial charge in [-0.3, -0.25) is 102 Å². The van der Waals surface area contributed by atoms with Crippen molar-refractivity contribution in [1.82, 2.24) is 106 Å². The Morgan fingerprint density at radius 2 is 0.628 bits per heavy atom. The zero-order valence-corrected chi connectivity index (χ0v) is 84.5. The highest BCUT2D eigenvalue weighted by molar-refractivity contribution is 7.98. The fourth-order valence-electron chi connectivity index (χ4n) is 14.1. The molecule has 0 unspecified atom stereocenters. The van der Waals surface area contributed by atoms with E-state index in [9.17, 15) is 137 Å². The molecule has 18 amide bonds. The zero-order chi connectivity index (χ0) is 110. The second-order valence-corrected chi connectivity index (χ2v) is 37.1. The molecule has 0 radical (unpaired) electrons. The molecular weight excluding hydrogens is 1920 g/mol. The van der Waals surface area contributed by atoms with Crippen LogP contribution in [0.3, 0.4) is 0 Å². The van der Waals surface area contributed by atoms with Gasteiger partial charge in [-0.2, -0.15) is 11.8 Å². The average Bonchev–Trinajstić information content (AvgIpc) is 0.853. The summed E-state index contributed by atoms with van der Waals surface area (Å²) in [7, 11) is 0. The van der Waals surface area contributed by atoms with Crippen molar-refractivity contribution in [2.75, 3.05) is 51.5 Å². The van der Waals surface area contributed by atoms with Gasteiger partial charge in [-0.15, -0.1) is 0 Å². The lowest BCUT2D eigenvalue weighted by Crippen LogP contribution is -2.63. The van der Waals surface area contributed by atoms with E-state index in [2.05, 4.69) is 106 Å². The monoisotopic (exact) mass is 2070 g/mol. The molecule has 812 valence electrons. The minimum atomic E-state index is -2.04. The first-order valence-corrected chi connectivity index (χ1v) is 48.7. The molecule has 0 aliphatic heterocycles. The number of phenolic OH excluding ortho intramolecular Hbond substituents is 1. The number of unbranched alkanes of at least 4 members (excludes halogenated alkanes) is 1. The molecule has 0 saturated carbocycles. The molecule has 20 atom stereocenters. The molecule has 0 saturated heterocycles. The van der Waals surface area contributed by atoms with Gasteiger partial charge in [0.2, 0.25) is 106 Å². The summed E-state index contributed by atoms with van der Waals surface area (Å²) in [5.74, 6) is -23.8. The molecule has 54 heteroatoms. The number of phenols is 1. The summed E-state index contributed by atoms with van der Waals surface area (Å²) < 4.78 is 0. The molecule has 0 bridgehead atoms. The summed E-state index contributed by atoms with van der Waals surface area (Å²) >= 11 is 1.29. The van der Waals surface area contributed by atoms with Crippen molar-refractivity contribution in [2.45, 2.75) is 294 Å². The third-order valence-electron chi connectivity index (χ3n) is 21.9. The van der Waals surface area contributed by atoms with Gasteiger partial charge in [0.15, 0.2) is 11.9 Å². The van der Waals surface area contributed by atoms with E-state index in [1.165, 1.54) is 49.9 Å². The van der Waals surface area contributed by atoms with Crippen molar-refractivity contribution in [2.24, 2.45) is 35.0 Å². The smallest absolute Gasteiger partial charge is 0.326 e. The fourth-order valence-corrected chi connectivity index (χ4v) is 14.6. The maximum absolute atomic E-state index is 14.7. The number of aliphatic carboxylic acids is 2. The second-order valence-electron chi connectivity index (χ2n) is 36.1. The van der Waals surface area contributed by atoms with Crippen LogP contribution in [0.1, 0.15) is 171 Å². The third kappa shape index (κ3) is 49.0. The molecule has 36 N–H and O–H groups in total. The van der Waals surface area contributed by atoms with Gasteiger partial charge >= 0.3 is 11.9 Å². The number of aliphatic hydroxyl groups is 5. The Bertz CT molecular complexity index is 4660. The van der Waals surface area contributed by atoms with Crippen LogP contribution in [0, 0.1) is 28.6 Å². The van der Waals surface area contributed by atoms with Gasteiger partial charge in [-0.25, -0.2) is 4.79 Å². The molecule has 0 aliphatic carbocycles. The number of guanidine groups is 2. The van der Waals surface area contributed by atoms with E-state index < -0.39 is 284 Å². The number of carbonyl (C=O) groups is 20. The van der Waals surface area contributed by atoms with Gasteiger partial charge < -0.3 is 164 Å². The number of hydrogen-bond donors (Lipinski definition) is 33. The van der Waals surface area contributed by atoms with Crippen LogP contribution in [0.15, 0.2) is 54.6 Å². The molecule has 0 aliphatic rings. The number of hydrogen-bond acceptors (Lipinski definition) is 30. The topological polar surface area (TPSA) is 870 Å². The third-order valence-corrected chi connectivity index (χ3v) is 22.5. The van der Waals surface area contributed by atoms with Gasteiger partial charge in [-0.05, 0) is 165 Å². The van der Waals surface area contributed by atoms with Gasteiger partial charge in [0.05, 0.1) is 38.4 Å². The van der Waals surface area contributed by atoms with E-state index >= 15 is 0 Å². The highest BCUT2D eigenvalue weighted by Crippen LogP contribution is 2.18. The molecule has 2 aromatic rings. The van der Waals surface area contributed by atoms with Crippen LogP contribution < -0.4 is 124 Å². The number of aromatic hydroxyl groups is 1. The minimum absolute atomic E-state index is 0.0192. The first-order chi connectivity index (χ1) is 68.1. The van der Waals surface area contributed by atoms with Gasteiger partial charge in [0, 0.05) is 32.9 Å². The first kappa shape index (κ1) is 127. The van der Waals surface area contributed by atoms with Crippen molar-refractivity contribution in [3.63, 3.8) is 0 Å². The fraction of sp³-hybridized carbons (Fsp3) is 0.626. The number of amides is 18. The van der Waals surface area contributed by atoms with Crippen LogP contribution in [-0.4, -0.2) is 343 Å². The van der Waals surface area contributed by atoms with Gasteiger partial charge in [0.1, 0.15) is 115 Å². The lowest BCUT2D eigenvalue weighted by molar-refractivity contribution is -0.144. The largest absolute Gasteiger partial charge is 0.508 e. The molecule has 0 aromatic heterocycles. The maximum atomic E-state index is 14.7. The summed E-state index contributed by atoms with van der Waals surface area (Å²) in [4.78, 5) is 275. The van der Waals surface area contributed by atoms with Crippen molar-refractivity contribution >= 4 is 142 Å². The molecule has 0 spiro atoms. The van der Waals surface area contributed by atoms with Crippen LogP contribution in [-0.2, 0) is 109 Å². The number of rotatable bonds is 68. The number of carboxylic acids is 2. The molecule has 53 nitrogen and oxygen atoms in total. The number of nitrogens with one attached hydrogen (secondary N) is 22. The molecule has 0 heterocycles. The van der Waals surface area contributed by atoms with E-state index in [0.717, 1.165) is 27.7 Å². The Morgan fingerprint density at radius 3 is 1.01 bits per heavy atom. The predicted molar refractivity (Wildman–Crippen MR) is 526 cm³/mol. The van der Waals surface area contributed by atoms with E-state index in [1.54, 1.807) is 78.1 Å². The van der Waals surface area contributed by atoms with Crippen LogP contribution in [0.4, 0.5) is 0 Å². The van der Waals surface area contributed by atoms with Gasteiger partial charge in [0.25, 0.3) is 0 Å². The highest BCUT2D eigenvalue weighted by Gasteiger charge is 2.41. The normalized spacial score (nSPS) is 15.3. The number of aliphatic hydroxyl groups excluding tert-OH is 5. The Morgan fingerprint density at radius 1 is 0.338 bits per heavy atom. The highest BCUT2D eigenvalue weighted by atomic mass is 32.2. The van der Waals surface area contributed by atoms with E-state index in [-0.39, 0.29) is 125 Å². The summed E-state index contributed by atoms with van der Waals surface area (Å²) in [6.07, 6.45) is -3.25. The molecular formula is C91H149N25O28S. The Labute approximate surface area is 843 Å². The van der Waals surface area contributed by atoms with E-state index in [4.69, 9.17) is 28.0 Å². The number of thioether (sulfide) groups is 1. The molecule has 2 aromatic carbocycles. The SMILES string of the molecule is CSCC[C@@H](NC(=O)[C@@H](CC(C)C)NC(=O)[C@@H](CCCCN)NC(=O)[C@H](CC(C)C)NC(=O)[C@H](CO)NC(=O)[C@H](CCCNC(=N)N)NC(C)=O)C(=O)N[C@@H](C)C(=O)N[C@H](C(=O)N[C@@H](CC(C)C)C(=O)N[C@@H](Cc1ccccc1)C(=O)N[C@@H](CO)C(=O)N[C@H](C(=O)N[C@@H](Cc1ccc(O)cc1)C(=O)N[C@@H](C)C(=O)N[C@H](CO)C(=O)N[C@H](C)C(=O)N[C@H](CC(=O)O)C(=O)N[C@H](CCCNC(=N)N)C(=O)O)[C@@H](C)O)[C@@H](C)O. The van der Waals surface area contributed by atoms with Crippen LogP contribution in [0.5, 0.6) is 5.75 Å². The standard InChI is InChI=1S/C91H149N25O28S/c1-44(2)35-60(107-77(131)57(23-17-18-31-92)103-79(133)61(36-45(3)4)108-85(139)67(42-118)113-76(130)56(102-52(12)122)24-19-32-97-90(93)94)80(134)104-58(30-34-145-13)75(129)99-49(9)74(128)115-70(50(10)120)87(141)110-62(37-46(5)6)81(135)109-64(38-53-21-15-14-16-22-53)82(136)114-68(43-119)86(140)116-71(51(11)121)88(142)111-63(39-54-26-28-55(123)29-27-54)78(132)100-48(8)73(127)112-66(41-117)84(138)101-47(7)72(126)106-65(40-69(124)125)83(137)105-59(89(143)144)25-20-33-98-91(95)96/h14-16,21-22,26-29,44-51,56-68,70-71,117-121,123H,17-20,23-25,30-43,92H2,1-13H3,(H,99,129)(H,100,132)(H,101,138)(H,102,122)(H,103,133)(H,104,134)(H,105,137)(H,106,126)(H,107,131)(H,108,139)(H,109,135)(H,110,141)(H,111,142)(H,112,127)(H,113,130)(H,114,136)(H,115,128)(H,116,140)(H,124,125)(H,143,144)(H4,93,94,97)(H4,95,96,98)/t47-,48+,49+,50-,51-,56+,57-,58-,59-,60-,61+,62+,63+,64+,65-,66-,67+,68+,70+,71+/m1/s1. The molecule has 2 rings (SSSR count). The number of carboxylic acid groups (broad SMARTS) is 2. The lowest BCUT2D eigenvalue weighted by atomic mass is 10.00. The molecule has 0 fully saturated rings. The van der Waals surface area contributed by atoms with Crippen LogP contribution >= 0.6 is 11.8 Å². The summed E-state index contributed by atoms with van der Waals surface area (Å²) in [6, 6.07) is -16.4. The second kappa shape index (κ2) is 66.3.